The van der Waals surface area contributed by atoms with Crippen LogP contribution in [0.3, 0.4) is 0 Å². The van der Waals surface area contributed by atoms with E-state index in [1.54, 1.807) is 0 Å². The predicted molar refractivity (Wildman–Crippen MR) is 64.7 cm³/mol. The first-order chi connectivity index (χ1) is 6.67. The van der Waals surface area contributed by atoms with Crippen molar-refractivity contribution in [3.05, 3.63) is 0 Å². The van der Waals surface area contributed by atoms with Crippen LogP contribution >= 0.6 is 0 Å². The Kier molecular flexibility index (Phi) is 8.20. The van der Waals surface area contributed by atoms with Crippen molar-refractivity contribution >= 4 is 0 Å². The van der Waals surface area contributed by atoms with Crippen molar-refractivity contribution in [2.75, 3.05) is 26.2 Å². The molecule has 1 unspecified atom stereocenters. The van der Waals surface area contributed by atoms with Crippen LogP contribution in [0.1, 0.15) is 41.0 Å². The fourth-order valence-corrected chi connectivity index (χ4v) is 1.92. The summed E-state index contributed by atoms with van der Waals surface area (Å²) in [7, 11) is 0. The number of hydrogen-bond acceptors (Lipinski definition) is 2. The lowest BCUT2D eigenvalue weighted by Gasteiger charge is -2.33. The van der Waals surface area contributed by atoms with Crippen molar-refractivity contribution in [2.45, 2.75) is 47.1 Å². The normalized spacial score (nSPS) is 13.9. The molecule has 2 nitrogen and oxygen atoms in total. The smallest absolute Gasteiger partial charge is 0.0243 e. The Bertz CT molecular complexity index is 123. The van der Waals surface area contributed by atoms with Crippen LogP contribution in [0.4, 0.5) is 0 Å². The second kappa shape index (κ2) is 8.25. The van der Waals surface area contributed by atoms with E-state index in [9.17, 15) is 0 Å². The molecule has 0 radical (unpaired) electrons. The van der Waals surface area contributed by atoms with Gasteiger partial charge in [-0.1, -0.05) is 34.6 Å². The molecule has 0 aliphatic heterocycles. The van der Waals surface area contributed by atoms with Crippen molar-refractivity contribution < 1.29 is 0 Å². The van der Waals surface area contributed by atoms with Gasteiger partial charge in [-0.3, -0.25) is 4.90 Å². The molecule has 0 bridgehead atoms. The summed E-state index contributed by atoms with van der Waals surface area (Å²) >= 11 is 0. The standard InChI is InChI=1S/C12H28N2/c1-6-9-14(8-3)12(11(4)5)10-13-7-2/h11-13H,6-10H2,1-5H3. The van der Waals surface area contributed by atoms with Crippen LogP contribution in [0, 0.1) is 5.92 Å². The number of nitrogens with one attached hydrogen (secondary N) is 1. The Morgan fingerprint density at radius 3 is 2.14 bits per heavy atom. The Balaban J connectivity index is 4.12. The third-order valence-corrected chi connectivity index (χ3v) is 2.76. The van der Waals surface area contributed by atoms with E-state index in [4.69, 9.17) is 0 Å². The quantitative estimate of drug-likeness (QED) is 0.647. The molecule has 0 fully saturated rings. The molecule has 0 amide bonds. The molecule has 0 rings (SSSR count). The molecule has 0 aromatic heterocycles. The van der Waals surface area contributed by atoms with Crippen LogP contribution in [0.2, 0.25) is 0 Å². The lowest BCUT2D eigenvalue weighted by molar-refractivity contribution is 0.160. The van der Waals surface area contributed by atoms with E-state index >= 15 is 0 Å². The van der Waals surface area contributed by atoms with Crippen LogP contribution in [0.25, 0.3) is 0 Å². The number of hydrogen-bond donors (Lipinski definition) is 1. The van der Waals surface area contributed by atoms with E-state index in [0.717, 1.165) is 19.0 Å². The largest absolute Gasteiger partial charge is 0.315 e. The highest BCUT2D eigenvalue weighted by atomic mass is 15.2. The highest BCUT2D eigenvalue weighted by Crippen LogP contribution is 2.10. The number of nitrogens with zero attached hydrogens (tertiary/aromatic N) is 1. The summed E-state index contributed by atoms with van der Waals surface area (Å²) in [4.78, 5) is 2.59. The third-order valence-electron chi connectivity index (χ3n) is 2.76. The molecule has 0 spiro atoms. The van der Waals surface area contributed by atoms with E-state index in [0.29, 0.717) is 6.04 Å². The minimum absolute atomic E-state index is 0.694. The minimum atomic E-state index is 0.694. The molecule has 1 N–H and O–H groups in total. The fraction of sp³-hybridized carbons (Fsp3) is 1.00. The second-order valence-electron chi connectivity index (χ2n) is 4.25. The van der Waals surface area contributed by atoms with Gasteiger partial charge in [-0.15, -0.1) is 0 Å². The zero-order valence-electron chi connectivity index (χ0n) is 10.6. The van der Waals surface area contributed by atoms with Crippen LogP contribution < -0.4 is 5.32 Å². The van der Waals surface area contributed by atoms with Gasteiger partial charge in [0.1, 0.15) is 0 Å². The van der Waals surface area contributed by atoms with Gasteiger partial charge in [0.15, 0.2) is 0 Å². The summed E-state index contributed by atoms with van der Waals surface area (Å²) in [6.45, 7) is 15.9. The van der Waals surface area contributed by atoms with Crippen molar-refractivity contribution in [1.29, 1.82) is 0 Å². The van der Waals surface area contributed by atoms with E-state index in [1.165, 1.54) is 19.5 Å². The molecule has 86 valence electrons. The van der Waals surface area contributed by atoms with Crippen LogP contribution in [-0.4, -0.2) is 37.1 Å². The lowest BCUT2D eigenvalue weighted by atomic mass is 10.0. The van der Waals surface area contributed by atoms with Gasteiger partial charge < -0.3 is 5.32 Å². The first-order valence-corrected chi connectivity index (χ1v) is 6.12. The van der Waals surface area contributed by atoms with E-state index < -0.39 is 0 Å². The molecule has 0 aliphatic carbocycles. The van der Waals surface area contributed by atoms with Crippen LogP contribution in [-0.2, 0) is 0 Å². The summed E-state index contributed by atoms with van der Waals surface area (Å²) in [5.74, 6) is 0.737. The van der Waals surface area contributed by atoms with Crippen molar-refractivity contribution in [3.63, 3.8) is 0 Å². The van der Waals surface area contributed by atoms with Gasteiger partial charge in [0.25, 0.3) is 0 Å². The summed E-state index contributed by atoms with van der Waals surface area (Å²) < 4.78 is 0. The molecule has 0 heterocycles. The molecule has 0 aliphatic rings. The zero-order chi connectivity index (χ0) is 11.0. The third kappa shape index (κ3) is 4.97. The number of likely N-dealkylation sites (N-methyl/N-ethyl adjacent to an activating group) is 2. The topological polar surface area (TPSA) is 15.3 Å². The first-order valence-electron chi connectivity index (χ1n) is 6.12. The van der Waals surface area contributed by atoms with Gasteiger partial charge in [-0.05, 0) is 32.0 Å². The Labute approximate surface area is 90.1 Å². The summed E-state index contributed by atoms with van der Waals surface area (Å²) in [6, 6.07) is 0.694. The molecular formula is C12H28N2. The van der Waals surface area contributed by atoms with Crippen molar-refractivity contribution in [2.24, 2.45) is 5.92 Å². The van der Waals surface area contributed by atoms with Gasteiger partial charge in [0, 0.05) is 12.6 Å². The minimum Gasteiger partial charge on any atom is -0.315 e. The van der Waals surface area contributed by atoms with E-state index in [-0.39, 0.29) is 0 Å². The lowest BCUT2D eigenvalue weighted by Crippen LogP contribution is -2.45. The molecule has 0 aromatic carbocycles. The Morgan fingerprint density at radius 2 is 1.79 bits per heavy atom. The first kappa shape index (κ1) is 13.9. The van der Waals surface area contributed by atoms with E-state index in [1.807, 2.05) is 0 Å². The maximum Gasteiger partial charge on any atom is 0.0243 e. The molecule has 2 heteroatoms. The summed E-state index contributed by atoms with van der Waals surface area (Å²) in [6.07, 6.45) is 1.25. The maximum absolute atomic E-state index is 3.46. The van der Waals surface area contributed by atoms with Crippen molar-refractivity contribution in [3.8, 4) is 0 Å². The molecule has 0 aromatic rings. The van der Waals surface area contributed by atoms with E-state index in [2.05, 4.69) is 44.8 Å². The predicted octanol–water partition coefficient (Wildman–Crippen LogP) is 2.35. The SMILES string of the molecule is CCCN(CC)C(CNCC)C(C)C. The van der Waals surface area contributed by atoms with Gasteiger partial charge in [-0.2, -0.15) is 0 Å². The highest BCUT2D eigenvalue weighted by molar-refractivity contribution is 4.75. The zero-order valence-corrected chi connectivity index (χ0v) is 10.6. The van der Waals surface area contributed by atoms with Crippen molar-refractivity contribution in [1.82, 2.24) is 10.2 Å². The van der Waals surface area contributed by atoms with Crippen LogP contribution in [0.15, 0.2) is 0 Å². The maximum atomic E-state index is 3.46. The Hall–Kier alpha value is -0.0800. The van der Waals surface area contributed by atoms with Gasteiger partial charge in [-0.25, -0.2) is 0 Å². The summed E-state index contributed by atoms with van der Waals surface area (Å²) in [5, 5.41) is 3.46. The monoisotopic (exact) mass is 200 g/mol. The number of rotatable bonds is 8. The van der Waals surface area contributed by atoms with Gasteiger partial charge >= 0.3 is 0 Å². The van der Waals surface area contributed by atoms with Gasteiger partial charge in [0.05, 0.1) is 0 Å². The molecule has 0 saturated carbocycles. The fourth-order valence-electron chi connectivity index (χ4n) is 1.92. The van der Waals surface area contributed by atoms with Crippen LogP contribution in [0.5, 0.6) is 0 Å². The van der Waals surface area contributed by atoms with Gasteiger partial charge in [0.2, 0.25) is 0 Å². The Morgan fingerprint density at radius 1 is 1.14 bits per heavy atom. The molecule has 1 atom stereocenters. The summed E-state index contributed by atoms with van der Waals surface area (Å²) in [5.41, 5.74) is 0. The highest BCUT2D eigenvalue weighted by Gasteiger charge is 2.18. The average molecular weight is 200 g/mol. The molecular weight excluding hydrogens is 172 g/mol. The molecule has 0 saturated heterocycles. The second-order valence-corrected chi connectivity index (χ2v) is 4.25. The molecule has 14 heavy (non-hydrogen) atoms. The average Bonchev–Trinajstić information content (AvgIpc) is 2.16.